The second kappa shape index (κ2) is 14.8. The summed E-state index contributed by atoms with van der Waals surface area (Å²) in [5.74, 6) is 1.96. The molecule has 0 amide bonds. The van der Waals surface area contributed by atoms with E-state index in [1.165, 1.54) is 38.9 Å². The lowest BCUT2D eigenvalue weighted by Gasteiger charge is -2.34. The van der Waals surface area contributed by atoms with Crippen molar-refractivity contribution in [3.63, 3.8) is 0 Å². The first-order valence-electron chi connectivity index (χ1n) is 10.5. The molecule has 2 heterocycles. The van der Waals surface area contributed by atoms with Gasteiger partial charge in [-0.05, 0) is 64.1 Å². The van der Waals surface area contributed by atoms with Crippen LogP contribution in [0.2, 0.25) is 0 Å². The Morgan fingerprint density at radius 1 is 1.04 bits per heavy atom. The Hall–Kier alpha value is -0.120. The molecule has 0 aromatic carbocycles. The molecule has 0 aromatic rings. The van der Waals surface area contributed by atoms with Crippen LogP contribution in [0.3, 0.4) is 0 Å². The summed E-state index contributed by atoms with van der Waals surface area (Å²) in [5, 5.41) is 3.55. The molecule has 2 rings (SSSR count). The van der Waals surface area contributed by atoms with Gasteiger partial charge in [-0.2, -0.15) is 0 Å². The van der Waals surface area contributed by atoms with Gasteiger partial charge >= 0.3 is 0 Å². The number of hydrogen-bond donors (Lipinski definition) is 1. The Bertz CT molecular complexity index is 395. The van der Waals surface area contributed by atoms with Gasteiger partial charge in [0.15, 0.2) is 5.96 Å². The fourth-order valence-electron chi connectivity index (χ4n) is 3.81. The molecule has 0 spiro atoms. The van der Waals surface area contributed by atoms with Gasteiger partial charge in [0.1, 0.15) is 0 Å². The summed E-state index contributed by atoms with van der Waals surface area (Å²) in [5.41, 5.74) is 0. The van der Waals surface area contributed by atoms with E-state index in [2.05, 4.69) is 27.0 Å². The fraction of sp³-hybridized carbons (Fsp3) is 0.950. The van der Waals surface area contributed by atoms with E-state index in [0.717, 1.165) is 64.0 Å². The first kappa shape index (κ1) is 24.9. The Labute approximate surface area is 183 Å². The first-order chi connectivity index (χ1) is 12.7. The minimum Gasteiger partial charge on any atom is -0.385 e. The highest BCUT2D eigenvalue weighted by Gasteiger charge is 2.21. The van der Waals surface area contributed by atoms with Crippen LogP contribution in [-0.2, 0) is 9.47 Å². The number of hydrogen-bond acceptors (Lipinski definition) is 4. The molecular weight excluding hydrogens is 455 g/mol. The van der Waals surface area contributed by atoms with Gasteiger partial charge in [-0.3, -0.25) is 4.99 Å². The number of halogens is 1. The summed E-state index contributed by atoms with van der Waals surface area (Å²) >= 11 is 0. The van der Waals surface area contributed by atoms with Crippen molar-refractivity contribution in [2.24, 2.45) is 10.9 Å². The molecule has 0 atom stereocenters. The third kappa shape index (κ3) is 9.76. The summed E-state index contributed by atoms with van der Waals surface area (Å²) in [6.07, 6.45) is 7.44. The predicted molar refractivity (Wildman–Crippen MR) is 123 cm³/mol. The molecule has 2 fully saturated rings. The van der Waals surface area contributed by atoms with E-state index in [4.69, 9.17) is 9.47 Å². The number of rotatable bonds is 9. The molecule has 2 aliphatic heterocycles. The van der Waals surface area contributed by atoms with Gasteiger partial charge in [0.05, 0.1) is 6.10 Å². The molecule has 6 nitrogen and oxygen atoms in total. The quantitative estimate of drug-likeness (QED) is 0.230. The van der Waals surface area contributed by atoms with E-state index in [9.17, 15) is 0 Å². The zero-order valence-corrected chi connectivity index (χ0v) is 20.0. The average Bonchev–Trinajstić information content (AvgIpc) is 2.67. The standard InChI is InChI=1S/C20H40N4O2.HI/c1-18-6-12-23(13-7-18)11-4-10-22-20(21-2)24-14-8-19(9-15-24)26-17-5-16-25-3;/h18-19H,4-17H2,1-3H3,(H,21,22);1H. The first-order valence-corrected chi connectivity index (χ1v) is 10.5. The molecule has 0 unspecified atom stereocenters. The van der Waals surface area contributed by atoms with E-state index in [-0.39, 0.29) is 24.0 Å². The smallest absolute Gasteiger partial charge is 0.193 e. The van der Waals surface area contributed by atoms with Gasteiger partial charge in [-0.25, -0.2) is 0 Å². The summed E-state index contributed by atoms with van der Waals surface area (Å²) in [6, 6.07) is 0. The third-order valence-electron chi connectivity index (χ3n) is 5.61. The molecule has 0 saturated carbocycles. The number of aliphatic imine (C=N–C) groups is 1. The number of methoxy groups -OCH3 is 1. The number of nitrogens with zero attached hydrogens (tertiary/aromatic N) is 3. The minimum absolute atomic E-state index is 0. The van der Waals surface area contributed by atoms with E-state index >= 15 is 0 Å². The highest BCUT2D eigenvalue weighted by molar-refractivity contribution is 14.0. The van der Waals surface area contributed by atoms with Crippen LogP contribution < -0.4 is 5.32 Å². The van der Waals surface area contributed by atoms with Gasteiger partial charge in [-0.15, -0.1) is 24.0 Å². The lowest BCUT2D eigenvalue weighted by molar-refractivity contribution is 0.00991. The van der Waals surface area contributed by atoms with Crippen LogP contribution in [0.15, 0.2) is 4.99 Å². The van der Waals surface area contributed by atoms with Gasteiger partial charge in [0, 0.05) is 47.0 Å². The van der Waals surface area contributed by atoms with Crippen LogP contribution in [0.1, 0.15) is 45.4 Å². The van der Waals surface area contributed by atoms with Crippen molar-refractivity contribution in [1.29, 1.82) is 0 Å². The Morgan fingerprint density at radius 3 is 2.37 bits per heavy atom. The molecule has 2 saturated heterocycles. The molecule has 0 aromatic heterocycles. The summed E-state index contributed by atoms with van der Waals surface area (Å²) in [7, 11) is 3.63. The van der Waals surface area contributed by atoms with Crippen molar-refractivity contribution in [3.05, 3.63) is 0 Å². The normalized spacial score (nSPS) is 20.6. The lowest BCUT2D eigenvalue weighted by atomic mass is 9.99. The fourth-order valence-corrected chi connectivity index (χ4v) is 3.81. The Morgan fingerprint density at radius 2 is 1.74 bits per heavy atom. The zero-order chi connectivity index (χ0) is 18.6. The highest BCUT2D eigenvalue weighted by Crippen LogP contribution is 2.16. The van der Waals surface area contributed by atoms with Crippen molar-refractivity contribution in [2.45, 2.75) is 51.6 Å². The van der Waals surface area contributed by atoms with Crippen molar-refractivity contribution < 1.29 is 9.47 Å². The second-order valence-corrected chi connectivity index (χ2v) is 7.76. The van der Waals surface area contributed by atoms with Gasteiger partial charge in [0.2, 0.25) is 0 Å². The number of likely N-dealkylation sites (tertiary alicyclic amines) is 2. The topological polar surface area (TPSA) is 49.3 Å². The van der Waals surface area contributed by atoms with Crippen molar-refractivity contribution in [2.75, 3.05) is 66.6 Å². The average molecular weight is 496 g/mol. The minimum atomic E-state index is 0. The maximum atomic E-state index is 5.95. The van der Waals surface area contributed by atoms with E-state index < -0.39 is 0 Å². The SMILES string of the molecule is CN=C(NCCCN1CCC(C)CC1)N1CCC(OCCCOC)CC1.I. The Kier molecular flexibility index (Phi) is 13.7. The van der Waals surface area contributed by atoms with Gasteiger partial charge in [-0.1, -0.05) is 6.92 Å². The van der Waals surface area contributed by atoms with E-state index in [0.29, 0.717) is 6.10 Å². The Balaban J connectivity index is 0.00000364. The molecule has 7 heteroatoms. The molecule has 2 aliphatic rings. The largest absolute Gasteiger partial charge is 0.385 e. The summed E-state index contributed by atoms with van der Waals surface area (Å²) in [6.45, 7) is 10.8. The molecule has 0 aliphatic carbocycles. The van der Waals surface area contributed by atoms with Crippen LogP contribution in [0.4, 0.5) is 0 Å². The number of ether oxygens (including phenoxy) is 2. The van der Waals surface area contributed by atoms with Crippen molar-refractivity contribution in [1.82, 2.24) is 15.1 Å². The predicted octanol–water partition coefficient (Wildman–Crippen LogP) is 2.82. The third-order valence-corrected chi connectivity index (χ3v) is 5.61. The number of piperidine rings is 2. The molecule has 160 valence electrons. The zero-order valence-electron chi connectivity index (χ0n) is 17.6. The van der Waals surface area contributed by atoms with E-state index in [1.54, 1.807) is 7.11 Å². The highest BCUT2D eigenvalue weighted by atomic mass is 127. The van der Waals surface area contributed by atoms with Gasteiger partial charge in [0.25, 0.3) is 0 Å². The summed E-state index contributed by atoms with van der Waals surface area (Å²) < 4.78 is 11.0. The van der Waals surface area contributed by atoms with Gasteiger partial charge < -0.3 is 24.6 Å². The van der Waals surface area contributed by atoms with Crippen LogP contribution >= 0.6 is 24.0 Å². The molecular formula is C20H41IN4O2. The van der Waals surface area contributed by atoms with Crippen LogP contribution in [0.5, 0.6) is 0 Å². The number of guanidine groups is 1. The molecule has 0 radical (unpaired) electrons. The monoisotopic (exact) mass is 496 g/mol. The second-order valence-electron chi connectivity index (χ2n) is 7.76. The van der Waals surface area contributed by atoms with Crippen molar-refractivity contribution >= 4 is 29.9 Å². The van der Waals surface area contributed by atoms with E-state index in [1.807, 2.05) is 7.05 Å². The van der Waals surface area contributed by atoms with Crippen LogP contribution in [-0.4, -0.2) is 88.5 Å². The van der Waals surface area contributed by atoms with Crippen molar-refractivity contribution in [3.8, 4) is 0 Å². The number of nitrogens with one attached hydrogen (secondary N) is 1. The molecule has 1 N–H and O–H groups in total. The maximum absolute atomic E-state index is 5.95. The maximum Gasteiger partial charge on any atom is 0.193 e. The summed E-state index contributed by atoms with van der Waals surface area (Å²) in [4.78, 5) is 9.46. The molecule has 27 heavy (non-hydrogen) atoms. The van der Waals surface area contributed by atoms with Crippen LogP contribution in [0, 0.1) is 5.92 Å². The lowest BCUT2D eigenvalue weighted by Crippen LogP contribution is -2.47. The molecule has 0 bridgehead atoms. The van der Waals surface area contributed by atoms with Crippen LogP contribution in [0.25, 0.3) is 0 Å².